The van der Waals surface area contributed by atoms with Gasteiger partial charge in [-0.3, -0.25) is 0 Å². The first-order valence-electron chi connectivity index (χ1n) is 12.2. The van der Waals surface area contributed by atoms with E-state index in [1.54, 1.807) is 0 Å². The van der Waals surface area contributed by atoms with Gasteiger partial charge in [0, 0.05) is 11.1 Å². The molecule has 0 amide bonds. The Labute approximate surface area is 207 Å². The monoisotopic (exact) mass is 502 g/mol. The summed E-state index contributed by atoms with van der Waals surface area (Å²) in [5.74, 6) is 1.42. The summed E-state index contributed by atoms with van der Waals surface area (Å²) in [5.41, 5.74) is 1.99. The lowest BCUT2D eigenvalue weighted by atomic mass is 9.92. The van der Waals surface area contributed by atoms with Crippen LogP contribution in [0.3, 0.4) is 0 Å². The second-order valence-corrected chi connectivity index (χ2v) is 26.9. The molecule has 4 rings (SSSR count). The maximum Gasteiger partial charge on any atom is 0.242 e. The van der Waals surface area contributed by atoms with E-state index in [2.05, 4.69) is 120 Å². The summed E-state index contributed by atoms with van der Waals surface area (Å²) in [7, 11) is -5.53. The zero-order valence-corrected chi connectivity index (χ0v) is 25.1. The van der Waals surface area contributed by atoms with Gasteiger partial charge in [-0.2, -0.15) is 0 Å². The highest BCUT2D eigenvalue weighted by molar-refractivity contribution is 6.90. The zero-order chi connectivity index (χ0) is 25.1. The number of rotatable bonds is 5. The quantitative estimate of drug-likeness (QED) is 0.284. The van der Waals surface area contributed by atoms with Crippen molar-refractivity contribution in [2.24, 2.45) is 0 Å². The van der Waals surface area contributed by atoms with Gasteiger partial charge in [-0.05, 0) is 51.6 Å². The summed E-state index contributed by atoms with van der Waals surface area (Å²) in [6.45, 7) is 20.8. The molecule has 0 aliphatic carbocycles. The highest BCUT2D eigenvalue weighted by atomic mass is 28.4. The Hall–Kier alpha value is -2.35. The summed E-state index contributed by atoms with van der Waals surface area (Å²) >= 11 is 0. The number of phenols is 1. The van der Waals surface area contributed by atoms with Crippen molar-refractivity contribution < 1.29 is 9.53 Å². The third-order valence-corrected chi connectivity index (χ3v) is 11.1. The Kier molecular flexibility index (Phi) is 6.12. The number of fused-ring (bicyclic) bond motifs is 2. The molecule has 4 aromatic rings. The second kappa shape index (κ2) is 8.40. The molecule has 0 saturated heterocycles. The summed E-state index contributed by atoms with van der Waals surface area (Å²) < 4.78 is 6.96. The van der Waals surface area contributed by atoms with Crippen LogP contribution in [0.1, 0.15) is 0 Å². The topological polar surface area (TPSA) is 29.5 Å². The molecule has 5 heteroatoms. The largest absolute Gasteiger partial charge is 0.544 e. The summed E-state index contributed by atoms with van der Waals surface area (Å²) in [6.07, 6.45) is 0. The van der Waals surface area contributed by atoms with Crippen molar-refractivity contribution >= 4 is 56.4 Å². The maximum absolute atomic E-state index is 12.0. The fraction of sp³-hybridized carbons (Fsp3) is 0.310. The van der Waals surface area contributed by atoms with Crippen molar-refractivity contribution in [3.05, 3.63) is 60.7 Å². The van der Waals surface area contributed by atoms with Gasteiger partial charge >= 0.3 is 0 Å². The van der Waals surface area contributed by atoms with Crippen LogP contribution >= 0.6 is 0 Å². The number of phenolic OH excluding ortho intramolecular Hbond substituents is 1. The van der Waals surface area contributed by atoms with Gasteiger partial charge in [0.2, 0.25) is 8.32 Å². The Bertz CT molecular complexity index is 1390. The van der Waals surface area contributed by atoms with E-state index in [9.17, 15) is 5.11 Å². The highest BCUT2D eigenvalue weighted by Crippen LogP contribution is 2.45. The van der Waals surface area contributed by atoms with E-state index in [1.165, 1.54) is 16.0 Å². The summed E-state index contributed by atoms with van der Waals surface area (Å²) in [5, 5.41) is 19.0. The van der Waals surface area contributed by atoms with Crippen LogP contribution in [0.5, 0.6) is 11.5 Å². The fourth-order valence-electron chi connectivity index (χ4n) is 4.71. The highest BCUT2D eigenvalue weighted by Gasteiger charge is 2.32. The molecule has 0 aliphatic rings. The van der Waals surface area contributed by atoms with Crippen molar-refractivity contribution in [3.63, 3.8) is 0 Å². The van der Waals surface area contributed by atoms with Crippen molar-refractivity contribution in [3.8, 4) is 22.6 Å². The molecule has 0 fully saturated rings. The first-order valence-corrected chi connectivity index (χ1v) is 22.6. The molecule has 0 radical (unpaired) electrons. The van der Waals surface area contributed by atoms with E-state index >= 15 is 0 Å². The minimum Gasteiger partial charge on any atom is -0.544 e. The van der Waals surface area contributed by atoms with E-state index in [0.29, 0.717) is 5.75 Å². The molecule has 1 N–H and O–H groups in total. The van der Waals surface area contributed by atoms with Crippen LogP contribution in [0.25, 0.3) is 32.7 Å². The zero-order valence-electron chi connectivity index (χ0n) is 22.1. The van der Waals surface area contributed by atoms with Gasteiger partial charge in [0.05, 0.1) is 16.1 Å². The third-order valence-electron chi connectivity index (χ3n) is 6.30. The SMILES string of the molecule is C[Si](C)(C)Oc1c([Si](C)(C)C)cc2ccccc2c1-c1c(O)c([Si](C)(C)C)cc2ccccc12. The normalized spacial score (nSPS) is 13.0. The van der Waals surface area contributed by atoms with E-state index in [1.807, 2.05) is 0 Å². The van der Waals surface area contributed by atoms with Gasteiger partial charge < -0.3 is 9.53 Å². The van der Waals surface area contributed by atoms with E-state index < -0.39 is 24.5 Å². The van der Waals surface area contributed by atoms with Crippen LogP contribution < -0.4 is 14.8 Å². The fourth-order valence-corrected chi connectivity index (χ4v) is 8.50. The Morgan fingerprint density at radius 1 is 0.588 bits per heavy atom. The number of hydrogen-bond acceptors (Lipinski definition) is 2. The van der Waals surface area contributed by atoms with Crippen molar-refractivity contribution in [1.29, 1.82) is 0 Å². The molecule has 34 heavy (non-hydrogen) atoms. The molecule has 0 heterocycles. The Morgan fingerprint density at radius 3 is 1.50 bits per heavy atom. The van der Waals surface area contributed by atoms with Crippen LogP contribution in [0.2, 0.25) is 58.9 Å². The molecule has 0 bridgehead atoms. The summed E-state index contributed by atoms with van der Waals surface area (Å²) in [6, 6.07) is 21.6. The third kappa shape index (κ3) is 4.61. The number of hydrogen-bond donors (Lipinski definition) is 1. The van der Waals surface area contributed by atoms with Crippen LogP contribution in [0, 0.1) is 0 Å². The molecule has 0 aliphatic heterocycles. The first kappa shape index (κ1) is 24.8. The van der Waals surface area contributed by atoms with Crippen LogP contribution in [-0.2, 0) is 0 Å². The predicted molar refractivity (Wildman–Crippen MR) is 158 cm³/mol. The molecule has 2 nitrogen and oxygen atoms in total. The average Bonchev–Trinajstić information content (AvgIpc) is 2.71. The minimum absolute atomic E-state index is 0.427. The Morgan fingerprint density at radius 2 is 1.03 bits per heavy atom. The van der Waals surface area contributed by atoms with Gasteiger partial charge in [0.15, 0.2) is 0 Å². The lowest BCUT2D eigenvalue weighted by Gasteiger charge is -2.31. The second-order valence-electron chi connectivity index (χ2n) is 12.4. The van der Waals surface area contributed by atoms with Crippen LogP contribution in [0.15, 0.2) is 60.7 Å². The average molecular weight is 503 g/mol. The standard InChI is InChI=1S/C29H38O2Si3/c1-32(2,3)24-18-20-14-10-12-16-22(20)26(28(24)30)27-23-17-13-11-15-21(23)19-25(33(4,5)6)29(27)31-34(7,8)9/h10-19,30H,1-9H3. The number of benzene rings is 4. The minimum atomic E-state index is -1.95. The number of aromatic hydroxyl groups is 1. The van der Waals surface area contributed by atoms with Crippen molar-refractivity contribution in [2.45, 2.75) is 58.9 Å². The molecule has 0 aromatic heterocycles. The molecular weight excluding hydrogens is 465 g/mol. The van der Waals surface area contributed by atoms with Gasteiger partial charge in [-0.25, -0.2) is 0 Å². The first-order chi connectivity index (χ1) is 15.7. The van der Waals surface area contributed by atoms with Crippen LogP contribution in [0.4, 0.5) is 0 Å². The molecule has 178 valence electrons. The lowest BCUT2D eigenvalue weighted by molar-refractivity contribution is 0.481. The van der Waals surface area contributed by atoms with E-state index in [0.717, 1.165) is 32.8 Å². The molecule has 4 aromatic carbocycles. The summed E-state index contributed by atoms with van der Waals surface area (Å²) in [4.78, 5) is 0. The van der Waals surface area contributed by atoms with Crippen molar-refractivity contribution in [1.82, 2.24) is 0 Å². The molecular formula is C29H38O2Si3. The van der Waals surface area contributed by atoms with E-state index in [4.69, 9.17) is 4.43 Å². The van der Waals surface area contributed by atoms with Gasteiger partial charge in [0.1, 0.15) is 11.5 Å². The van der Waals surface area contributed by atoms with Crippen molar-refractivity contribution in [2.75, 3.05) is 0 Å². The molecule has 0 atom stereocenters. The Balaban J connectivity index is 2.30. The van der Waals surface area contributed by atoms with Gasteiger partial charge in [0.25, 0.3) is 0 Å². The van der Waals surface area contributed by atoms with Gasteiger partial charge in [-0.1, -0.05) is 99.9 Å². The smallest absolute Gasteiger partial charge is 0.242 e. The molecule has 0 unspecified atom stereocenters. The van der Waals surface area contributed by atoms with E-state index in [-0.39, 0.29) is 0 Å². The molecule has 0 saturated carbocycles. The van der Waals surface area contributed by atoms with Gasteiger partial charge in [-0.15, -0.1) is 0 Å². The molecule has 0 spiro atoms. The predicted octanol–water partition coefficient (Wildman–Crippen LogP) is 7.67. The lowest BCUT2D eigenvalue weighted by Crippen LogP contribution is -2.42. The van der Waals surface area contributed by atoms with Crippen LogP contribution in [-0.4, -0.2) is 29.6 Å². The maximum atomic E-state index is 12.0.